The van der Waals surface area contributed by atoms with Crippen molar-refractivity contribution in [2.24, 2.45) is 0 Å². The van der Waals surface area contributed by atoms with Gasteiger partial charge in [-0.05, 0) is 17.7 Å². The quantitative estimate of drug-likeness (QED) is 0.869. The summed E-state index contributed by atoms with van der Waals surface area (Å²) in [5.41, 5.74) is -0.735. The van der Waals surface area contributed by atoms with Crippen LogP contribution in [0.3, 0.4) is 0 Å². The Morgan fingerprint density at radius 3 is 2.36 bits per heavy atom. The lowest BCUT2D eigenvalue weighted by Gasteiger charge is -2.35. The molecule has 2 N–H and O–H groups in total. The fourth-order valence-electron chi connectivity index (χ4n) is 3.20. The van der Waals surface area contributed by atoms with Gasteiger partial charge >= 0.3 is 5.97 Å². The van der Waals surface area contributed by atoms with Gasteiger partial charge in [-0.1, -0.05) is 30.3 Å². The van der Waals surface area contributed by atoms with Gasteiger partial charge in [0, 0.05) is 32.4 Å². The second kappa shape index (κ2) is 7.11. The molecule has 1 saturated heterocycles. The molecule has 25 heavy (non-hydrogen) atoms. The summed E-state index contributed by atoms with van der Waals surface area (Å²) >= 11 is 0. The summed E-state index contributed by atoms with van der Waals surface area (Å²) < 4.78 is 5.51. The van der Waals surface area contributed by atoms with Crippen LogP contribution in [-0.4, -0.2) is 45.7 Å². The van der Waals surface area contributed by atoms with Crippen molar-refractivity contribution < 1.29 is 24.2 Å². The van der Waals surface area contributed by atoms with Crippen LogP contribution < -0.4 is 0 Å². The number of hydrogen-bond donors (Lipinski definition) is 2. The number of hydrogen-bond acceptors (Lipinski definition) is 4. The zero-order chi connectivity index (χ0) is 17.9. The molecular weight excluding hydrogens is 322 g/mol. The molecule has 0 spiro atoms. The van der Waals surface area contributed by atoms with E-state index in [1.807, 2.05) is 36.4 Å². The Kier molecular flexibility index (Phi) is 4.90. The Morgan fingerprint density at radius 1 is 1.12 bits per heavy atom. The monoisotopic (exact) mass is 343 g/mol. The average molecular weight is 343 g/mol. The van der Waals surface area contributed by atoms with Crippen LogP contribution >= 0.6 is 0 Å². The highest BCUT2D eigenvalue weighted by Crippen LogP contribution is 2.30. The van der Waals surface area contributed by atoms with Gasteiger partial charge in [-0.3, -0.25) is 4.79 Å². The van der Waals surface area contributed by atoms with Crippen LogP contribution in [0.5, 0.6) is 0 Å². The van der Waals surface area contributed by atoms with Gasteiger partial charge in [-0.25, -0.2) is 4.79 Å². The summed E-state index contributed by atoms with van der Waals surface area (Å²) in [6, 6.07) is 13.3. The van der Waals surface area contributed by atoms with E-state index in [4.69, 9.17) is 9.52 Å². The van der Waals surface area contributed by atoms with Crippen LogP contribution in [0, 0.1) is 0 Å². The van der Waals surface area contributed by atoms with E-state index in [1.54, 1.807) is 17.2 Å². The summed E-state index contributed by atoms with van der Waals surface area (Å²) in [6.45, 7) is 0.475. The molecule has 1 aliphatic heterocycles. The van der Waals surface area contributed by atoms with Gasteiger partial charge in [0.05, 0.1) is 12.2 Å². The van der Waals surface area contributed by atoms with E-state index in [0.717, 1.165) is 11.3 Å². The maximum absolute atomic E-state index is 12.7. The predicted octanol–water partition coefficient (Wildman–Crippen LogP) is 2.24. The van der Waals surface area contributed by atoms with Gasteiger partial charge in [0.2, 0.25) is 5.91 Å². The molecule has 132 valence electrons. The van der Waals surface area contributed by atoms with Crippen LogP contribution in [-0.2, 0) is 9.59 Å². The van der Waals surface area contributed by atoms with Gasteiger partial charge < -0.3 is 19.5 Å². The van der Waals surface area contributed by atoms with Crippen molar-refractivity contribution in [3.8, 4) is 0 Å². The highest BCUT2D eigenvalue weighted by atomic mass is 16.4. The molecule has 0 saturated carbocycles. The Balaban J connectivity index is 1.71. The molecule has 1 aromatic carbocycles. The molecule has 3 rings (SSSR count). The number of carboxylic acid groups (broad SMARTS) is 1. The molecular formula is C19H21NO5. The number of carboxylic acids is 1. The minimum atomic E-state index is -1.73. The lowest BCUT2D eigenvalue weighted by molar-refractivity contribution is -0.165. The van der Waals surface area contributed by atoms with Crippen LogP contribution in [0.15, 0.2) is 53.1 Å². The highest BCUT2D eigenvalue weighted by molar-refractivity contribution is 5.80. The maximum Gasteiger partial charge on any atom is 0.335 e. The van der Waals surface area contributed by atoms with Crippen molar-refractivity contribution in [3.05, 3.63) is 60.1 Å². The predicted molar refractivity (Wildman–Crippen MR) is 90.0 cm³/mol. The van der Waals surface area contributed by atoms with Crippen LogP contribution in [0.2, 0.25) is 0 Å². The number of aliphatic carboxylic acids is 1. The van der Waals surface area contributed by atoms with E-state index in [9.17, 15) is 14.7 Å². The van der Waals surface area contributed by atoms with Crippen LogP contribution in [0.4, 0.5) is 0 Å². The number of furan rings is 1. The van der Waals surface area contributed by atoms with Crippen molar-refractivity contribution in [2.75, 3.05) is 13.1 Å². The van der Waals surface area contributed by atoms with E-state index in [-0.39, 0.29) is 44.2 Å². The fourth-order valence-corrected chi connectivity index (χ4v) is 3.20. The molecule has 1 fully saturated rings. The topological polar surface area (TPSA) is 91.0 Å². The summed E-state index contributed by atoms with van der Waals surface area (Å²) in [7, 11) is 0. The molecule has 1 amide bonds. The van der Waals surface area contributed by atoms with Crippen LogP contribution in [0.25, 0.3) is 0 Å². The molecule has 1 aromatic heterocycles. The lowest BCUT2D eigenvalue weighted by Crippen LogP contribution is -2.51. The lowest BCUT2D eigenvalue weighted by atomic mass is 9.89. The van der Waals surface area contributed by atoms with Crippen molar-refractivity contribution in [3.63, 3.8) is 0 Å². The number of carbonyl (C=O) groups is 2. The average Bonchev–Trinajstić information content (AvgIpc) is 3.15. The first-order valence-electron chi connectivity index (χ1n) is 8.31. The summed E-state index contributed by atoms with van der Waals surface area (Å²) in [5, 5.41) is 19.1. The third-order valence-corrected chi connectivity index (χ3v) is 4.81. The molecule has 0 unspecified atom stereocenters. The number of amides is 1. The van der Waals surface area contributed by atoms with Crippen molar-refractivity contribution in [2.45, 2.75) is 30.8 Å². The zero-order valence-electron chi connectivity index (χ0n) is 13.8. The summed E-state index contributed by atoms with van der Waals surface area (Å²) in [5.74, 6) is -0.766. The normalized spacial score (nSPS) is 17.9. The Bertz CT molecular complexity index is 718. The number of likely N-dealkylation sites (tertiary alicyclic amines) is 1. The molecule has 0 radical (unpaired) electrons. The fraction of sp³-hybridized carbons (Fsp3) is 0.368. The Hall–Kier alpha value is -2.60. The van der Waals surface area contributed by atoms with Gasteiger partial charge in [-0.15, -0.1) is 0 Å². The molecule has 1 atom stereocenters. The third kappa shape index (κ3) is 3.74. The molecule has 6 heteroatoms. The number of rotatable bonds is 5. The first kappa shape index (κ1) is 17.2. The second-order valence-electron chi connectivity index (χ2n) is 6.40. The SMILES string of the molecule is O=C(C[C@H](c1ccccc1)c1ccco1)N1CCC(O)(C(=O)O)CC1. The van der Waals surface area contributed by atoms with Gasteiger partial charge in [0.15, 0.2) is 5.60 Å². The Labute approximate surface area is 145 Å². The van der Waals surface area contributed by atoms with Crippen molar-refractivity contribution in [1.82, 2.24) is 4.90 Å². The standard InChI is InChI=1S/C19H21NO5/c21-17(20-10-8-19(24,9-11-20)18(22)23)13-15(16-7-4-12-25-16)14-5-2-1-3-6-14/h1-7,12,15,24H,8-11,13H2,(H,22,23)/t15-/m1/s1. The smallest absolute Gasteiger partial charge is 0.335 e. The minimum absolute atomic E-state index is 0.0465. The van der Waals surface area contributed by atoms with E-state index >= 15 is 0 Å². The number of nitrogens with zero attached hydrogens (tertiary/aromatic N) is 1. The molecule has 2 aromatic rings. The molecule has 6 nitrogen and oxygen atoms in total. The first-order valence-corrected chi connectivity index (χ1v) is 8.31. The third-order valence-electron chi connectivity index (χ3n) is 4.81. The number of carbonyl (C=O) groups excluding carboxylic acids is 1. The summed E-state index contributed by atoms with van der Waals surface area (Å²) in [4.78, 5) is 25.4. The van der Waals surface area contributed by atoms with E-state index in [2.05, 4.69) is 0 Å². The van der Waals surface area contributed by atoms with Crippen LogP contribution in [0.1, 0.15) is 36.5 Å². The van der Waals surface area contributed by atoms with Gasteiger partial charge in [-0.2, -0.15) is 0 Å². The molecule has 1 aliphatic rings. The zero-order valence-corrected chi connectivity index (χ0v) is 13.8. The maximum atomic E-state index is 12.7. The second-order valence-corrected chi connectivity index (χ2v) is 6.40. The number of benzene rings is 1. The first-order chi connectivity index (χ1) is 12.0. The molecule has 0 bridgehead atoms. The molecule has 2 heterocycles. The minimum Gasteiger partial charge on any atom is -0.479 e. The van der Waals surface area contributed by atoms with E-state index < -0.39 is 11.6 Å². The van der Waals surface area contributed by atoms with E-state index in [0.29, 0.717) is 0 Å². The number of aliphatic hydroxyl groups is 1. The molecule has 0 aliphatic carbocycles. The van der Waals surface area contributed by atoms with Crippen molar-refractivity contribution >= 4 is 11.9 Å². The highest BCUT2D eigenvalue weighted by Gasteiger charge is 2.40. The largest absolute Gasteiger partial charge is 0.479 e. The van der Waals surface area contributed by atoms with Gasteiger partial charge in [0.1, 0.15) is 5.76 Å². The van der Waals surface area contributed by atoms with Gasteiger partial charge in [0.25, 0.3) is 0 Å². The Morgan fingerprint density at radius 2 is 1.80 bits per heavy atom. The summed E-state index contributed by atoms with van der Waals surface area (Å²) in [6.07, 6.45) is 1.92. The van der Waals surface area contributed by atoms with E-state index in [1.165, 1.54) is 0 Å². The van der Waals surface area contributed by atoms with Crippen molar-refractivity contribution in [1.29, 1.82) is 0 Å². The number of piperidine rings is 1.